The fourth-order valence-corrected chi connectivity index (χ4v) is 3.06. The molecule has 164 valence electrons. The van der Waals surface area contributed by atoms with Crippen LogP contribution in [0.25, 0.3) is 0 Å². The molecule has 2 rings (SSSR count). The quantitative estimate of drug-likeness (QED) is 0.590. The van der Waals surface area contributed by atoms with Gasteiger partial charge >= 0.3 is 11.9 Å². The highest BCUT2D eigenvalue weighted by Gasteiger charge is 2.12. The lowest BCUT2D eigenvalue weighted by Crippen LogP contribution is -2.10. The number of carboxylic acids is 1. The Balaban J connectivity index is 0.000000303. The predicted molar refractivity (Wildman–Crippen MR) is 113 cm³/mol. The zero-order chi connectivity index (χ0) is 22.8. The average molecular weight is 420 g/mol. The lowest BCUT2D eigenvalue weighted by molar-refractivity contribution is -0.142. The van der Waals surface area contributed by atoms with Gasteiger partial charge in [-0.25, -0.2) is 8.78 Å². The summed E-state index contributed by atoms with van der Waals surface area (Å²) >= 11 is 0. The number of esters is 1. The van der Waals surface area contributed by atoms with E-state index in [1.807, 2.05) is 27.7 Å². The molecule has 0 unspecified atom stereocenters. The number of hydrogen-bond donors (Lipinski definition) is 1. The zero-order valence-electron chi connectivity index (χ0n) is 18.2. The average Bonchev–Trinajstić information content (AvgIpc) is 2.64. The number of rotatable bonds is 7. The van der Waals surface area contributed by atoms with Crippen LogP contribution in [0.3, 0.4) is 0 Å². The molecule has 0 aliphatic carbocycles. The fraction of sp³-hybridized carbons (Fsp3) is 0.417. The molecule has 0 aromatic heterocycles. The van der Waals surface area contributed by atoms with E-state index in [9.17, 15) is 18.4 Å². The maximum atomic E-state index is 13.1. The van der Waals surface area contributed by atoms with Crippen LogP contribution in [0.15, 0.2) is 36.4 Å². The van der Waals surface area contributed by atoms with Gasteiger partial charge in [0.15, 0.2) is 0 Å². The van der Waals surface area contributed by atoms with Crippen LogP contribution in [0.2, 0.25) is 0 Å². The number of aliphatic carboxylic acids is 1. The van der Waals surface area contributed by atoms with Crippen molar-refractivity contribution in [2.24, 2.45) is 0 Å². The fourth-order valence-electron chi connectivity index (χ4n) is 3.06. The summed E-state index contributed by atoms with van der Waals surface area (Å²) in [7, 11) is 0. The van der Waals surface area contributed by atoms with Gasteiger partial charge in [0.25, 0.3) is 0 Å². The maximum Gasteiger partial charge on any atom is 0.310 e. The van der Waals surface area contributed by atoms with Crippen LogP contribution < -0.4 is 0 Å². The molecule has 0 saturated heterocycles. The summed E-state index contributed by atoms with van der Waals surface area (Å²) in [6.45, 7) is 9.93. The third-order valence-corrected chi connectivity index (χ3v) is 4.44. The van der Waals surface area contributed by atoms with Crippen LogP contribution in [-0.4, -0.2) is 23.7 Å². The van der Waals surface area contributed by atoms with Gasteiger partial charge in [0.1, 0.15) is 11.6 Å². The summed E-state index contributed by atoms with van der Waals surface area (Å²) in [5.41, 5.74) is 3.17. The Morgan fingerprint density at radius 1 is 0.867 bits per heavy atom. The lowest BCUT2D eigenvalue weighted by Gasteiger charge is -2.12. The van der Waals surface area contributed by atoms with Crippen LogP contribution in [0.5, 0.6) is 0 Å². The van der Waals surface area contributed by atoms with Gasteiger partial charge in [-0.1, -0.05) is 39.8 Å². The molecule has 0 amide bonds. The zero-order valence-corrected chi connectivity index (χ0v) is 18.2. The first-order chi connectivity index (χ1) is 14.0. The molecule has 4 nitrogen and oxygen atoms in total. The van der Waals surface area contributed by atoms with Gasteiger partial charge in [-0.05, 0) is 65.3 Å². The first kappa shape index (κ1) is 25.3. The number of carboxylic acid groups (broad SMARTS) is 1. The Morgan fingerprint density at radius 3 is 1.67 bits per heavy atom. The molecule has 0 aliphatic rings. The Bertz CT molecular complexity index is 860. The minimum absolute atomic E-state index is 0.0478. The van der Waals surface area contributed by atoms with Gasteiger partial charge in [-0.15, -0.1) is 0 Å². The molecule has 30 heavy (non-hydrogen) atoms. The third kappa shape index (κ3) is 8.31. The van der Waals surface area contributed by atoms with Crippen molar-refractivity contribution in [3.8, 4) is 0 Å². The molecular formula is C24H30F2O4. The molecule has 6 heteroatoms. The van der Waals surface area contributed by atoms with Crippen molar-refractivity contribution in [2.45, 2.75) is 59.3 Å². The molecular weight excluding hydrogens is 390 g/mol. The van der Waals surface area contributed by atoms with E-state index in [0.717, 1.165) is 16.7 Å². The van der Waals surface area contributed by atoms with Crippen molar-refractivity contribution >= 4 is 11.9 Å². The van der Waals surface area contributed by atoms with E-state index in [-0.39, 0.29) is 42.3 Å². The standard InChI is InChI=1S/C13H17FO2.C11H13FO2/c1-4-16-13(15)7-10-5-6-11(14)8-12(10)9(2)3;1-7(2)10-6-9(12)4-3-8(10)5-11(13)14/h5-6,8-9H,4,7H2,1-3H3;3-4,6-7H,5H2,1-2H3,(H,13,14). The van der Waals surface area contributed by atoms with Crippen LogP contribution in [0, 0.1) is 11.6 Å². The van der Waals surface area contributed by atoms with E-state index in [1.165, 1.54) is 24.3 Å². The second-order valence-electron chi connectivity index (χ2n) is 7.55. The van der Waals surface area contributed by atoms with Crippen LogP contribution >= 0.6 is 0 Å². The minimum atomic E-state index is -0.890. The first-order valence-corrected chi connectivity index (χ1v) is 9.99. The topological polar surface area (TPSA) is 63.6 Å². The third-order valence-electron chi connectivity index (χ3n) is 4.44. The Hall–Kier alpha value is -2.76. The van der Waals surface area contributed by atoms with Crippen molar-refractivity contribution in [3.63, 3.8) is 0 Å². The normalized spacial score (nSPS) is 10.6. The molecule has 2 aromatic rings. The first-order valence-electron chi connectivity index (χ1n) is 9.99. The Labute approximate surface area is 176 Å². The molecule has 0 aliphatic heterocycles. The van der Waals surface area contributed by atoms with Crippen molar-refractivity contribution < 1.29 is 28.2 Å². The molecule has 0 bridgehead atoms. The van der Waals surface area contributed by atoms with Crippen molar-refractivity contribution in [2.75, 3.05) is 6.61 Å². The molecule has 0 heterocycles. The number of carbonyl (C=O) groups excluding carboxylic acids is 1. The maximum absolute atomic E-state index is 13.1. The minimum Gasteiger partial charge on any atom is -0.481 e. The summed E-state index contributed by atoms with van der Waals surface area (Å²) in [5.74, 6) is -1.41. The highest BCUT2D eigenvalue weighted by Crippen LogP contribution is 2.22. The summed E-state index contributed by atoms with van der Waals surface area (Å²) in [5, 5.41) is 8.65. The molecule has 0 saturated carbocycles. The summed E-state index contributed by atoms with van der Waals surface area (Å²) in [6, 6.07) is 8.76. The molecule has 0 atom stereocenters. The molecule has 1 N–H and O–H groups in total. The summed E-state index contributed by atoms with van der Waals surface area (Å²) < 4.78 is 30.9. The SMILES string of the molecule is CC(C)c1cc(F)ccc1CC(=O)O.CCOC(=O)Cc1ccc(F)cc1C(C)C. The number of carbonyl (C=O) groups is 2. The number of halogens is 2. The van der Waals surface area contributed by atoms with Crippen LogP contribution in [0.4, 0.5) is 8.78 Å². The monoisotopic (exact) mass is 420 g/mol. The van der Waals surface area contributed by atoms with Crippen molar-refractivity contribution in [3.05, 3.63) is 70.3 Å². The van der Waals surface area contributed by atoms with Crippen molar-refractivity contribution in [1.82, 2.24) is 0 Å². The van der Waals surface area contributed by atoms with Crippen LogP contribution in [-0.2, 0) is 27.2 Å². The second kappa shape index (κ2) is 12.1. The Morgan fingerprint density at radius 2 is 1.30 bits per heavy atom. The largest absolute Gasteiger partial charge is 0.481 e. The number of ether oxygens (including phenoxy) is 1. The van der Waals surface area contributed by atoms with E-state index in [1.54, 1.807) is 19.1 Å². The lowest BCUT2D eigenvalue weighted by atomic mass is 9.95. The van der Waals surface area contributed by atoms with E-state index in [2.05, 4.69) is 0 Å². The van der Waals surface area contributed by atoms with Crippen molar-refractivity contribution in [1.29, 1.82) is 0 Å². The molecule has 0 radical (unpaired) electrons. The van der Waals surface area contributed by atoms with E-state index >= 15 is 0 Å². The summed E-state index contributed by atoms with van der Waals surface area (Å²) in [4.78, 5) is 21.9. The predicted octanol–water partition coefficient (Wildman–Crippen LogP) is 5.63. The molecule has 0 fully saturated rings. The van der Waals surface area contributed by atoms with Gasteiger partial charge in [0.2, 0.25) is 0 Å². The van der Waals surface area contributed by atoms with Gasteiger partial charge < -0.3 is 9.84 Å². The Kier molecular flexibility index (Phi) is 10.2. The van der Waals surface area contributed by atoms with Gasteiger partial charge in [-0.2, -0.15) is 0 Å². The molecule has 2 aromatic carbocycles. The van der Waals surface area contributed by atoms with Gasteiger partial charge in [0.05, 0.1) is 19.4 Å². The smallest absolute Gasteiger partial charge is 0.310 e. The highest BCUT2D eigenvalue weighted by molar-refractivity contribution is 5.73. The van der Waals surface area contributed by atoms with E-state index < -0.39 is 5.97 Å². The van der Waals surface area contributed by atoms with Crippen LogP contribution in [0.1, 0.15) is 68.7 Å². The van der Waals surface area contributed by atoms with Gasteiger partial charge in [-0.3, -0.25) is 9.59 Å². The second-order valence-corrected chi connectivity index (χ2v) is 7.55. The molecule has 0 spiro atoms. The van der Waals surface area contributed by atoms with E-state index in [0.29, 0.717) is 12.2 Å². The van der Waals surface area contributed by atoms with E-state index in [4.69, 9.17) is 9.84 Å². The van der Waals surface area contributed by atoms with Gasteiger partial charge in [0, 0.05) is 0 Å². The summed E-state index contributed by atoms with van der Waals surface area (Å²) in [6.07, 6.45) is 0.162. The highest BCUT2D eigenvalue weighted by atomic mass is 19.1. The number of hydrogen-bond acceptors (Lipinski definition) is 3. The number of benzene rings is 2.